The van der Waals surface area contributed by atoms with Gasteiger partial charge in [-0.05, 0) is 42.7 Å². The summed E-state index contributed by atoms with van der Waals surface area (Å²) in [5.41, 5.74) is 3.51. The third-order valence-electron chi connectivity index (χ3n) is 6.66. The Morgan fingerprint density at radius 2 is 1.74 bits per heavy atom. The molecule has 0 unspecified atom stereocenters. The van der Waals surface area contributed by atoms with Crippen LogP contribution in [-0.4, -0.2) is 50.9 Å². The highest BCUT2D eigenvalue weighted by Gasteiger charge is 2.27. The summed E-state index contributed by atoms with van der Waals surface area (Å²) in [6.45, 7) is 0.662. The molecule has 3 N–H and O–H groups in total. The average molecular weight is 564 g/mol. The predicted octanol–water partition coefficient (Wildman–Crippen LogP) is 6.02. The van der Waals surface area contributed by atoms with Crippen LogP contribution in [0.4, 0.5) is 16.3 Å². The van der Waals surface area contributed by atoms with Crippen molar-refractivity contribution in [3.8, 4) is 16.9 Å². The summed E-state index contributed by atoms with van der Waals surface area (Å²) in [5.74, 6) is 0.444. The topological polar surface area (TPSA) is 99.5 Å². The zero-order valence-corrected chi connectivity index (χ0v) is 22.5. The SMILES string of the molecule is O=C(Nc1cccc(Cl)c1Cl)Nc1cc(-c2ccccc2)nn1-c1ccc(CC(=O)N2CCC[C@@H]2CO)cc1. The van der Waals surface area contributed by atoms with Gasteiger partial charge in [-0.15, -0.1) is 0 Å². The number of nitrogens with zero attached hydrogens (tertiary/aromatic N) is 3. The highest BCUT2D eigenvalue weighted by atomic mass is 35.5. The lowest BCUT2D eigenvalue weighted by Gasteiger charge is -2.23. The van der Waals surface area contributed by atoms with E-state index < -0.39 is 6.03 Å². The van der Waals surface area contributed by atoms with Gasteiger partial charge in [0, 0.05) is 18.2 Å². The number of hydrogen-bond acceptors (Lipinski definition) is 4. The van der Waals surface area contributed by atoms with Crippen LogP contribution in [0.1, 0.15) is 18.4 Å². The standard InChI is InChI=1S/C29H27Cl2N5O3/c30-23-9-4-10-24(28(23)31)32-29(39)33-26-17-25(20-6-2-1-3-7-20)34-36(26)21-13-11-19(12-14-21)16-27(38)35-15-5-8-22(35)18-37/h1-4,6-7,9-14,17,22,37H,5,8,15-16,18H2,(H2,32,33,39)/t22-/m1/s1. The molecule has 200 valence electrons. The van der Waals surface area contributed by atoms with E-state index in [4.69, 9.17) is 28.3 Å². The first kappa shape index (κ1) is 26.7. The highest BCUT2D eigenvalue weighted by Crippen LogP contribution is 2.30. The summed E-state index contributed by atoms with van der Waals surface area (Å²) in [5, 5.41) is 20.4. The van der Waals surface area contributed by atoms with E-state index in [0.29, 0.717) is 34.5 Å². The Balaban J connectivity index is 1.38. The quantitative estimate of drug-likeness (QED) is 0.256. The van der Waals surface area contributed by atoms with Crippen molar-refractivity contribution in [2.24, 2.45) is 0 Å². The number of halogens is 2. The summed E-state index contributed by atoms with van der Waals surface area (Å²) in [4.78, 5) is 27.5. The Labute approximate surface area is 236 Å². The fourth-order valence-corrected chi connectivity index (χ4v) is 5.02. The zero-order chi connectivity index (χ0) is 27.4. The van der Waals surface area contributed by atoms with Gasteiger partial charge in [-0.25, -0.2) is 9.48 Å². The number of hydrogen-bond donors (Lipinski definition) is 3. The van der Waals surface area contributed by atoms with Crippen LogP contribution in [0, 0.1) is 0 Å². The molecule has 4 aromatic rings. The van der Waals surface area contributed by atoms with Crippen LogP contribution in [0.3, 0.4) is 0 Å². The molecule has 39 heavy (non-hydrogen) atoms. The summed E-state index contributed by atoms with van der Waals surface area (Å²) in [7, 11) is 0. The second-order valence-corrected chi connectivity index (χ2v) is 10.1. The molecule has 0 spiro atoms. The van der Waals surface area contributed by atoms with Crippen LogP contribution < -0.4 is 10.6 Å². The van der Waals surface area contributed by atoms with Gasteiger partial charge in [0.25, 0.3) is 0 Å². The number of anilines is 2. The van der Waals surface area contributed by atoms with Gasteiger partial charge >= 0.3 is 6.03 Å². The predicted molar refractivity (Wildman–Crippen MR) is 154 cm³/mol. The van der Waals surface area contributed by atoms with Crippen molar-refractivity contribution in [1.29, 1.82) is 0 Å². The van der Waals surface area contributed by atoms with Gasteiger partial charge < -0.3 is 15.3 Å². The van der Waals surface area contributed by atoms with E-state index >= 15 is 0 Å². The number of carbonyl (C=O) groups excluding carboxylic acids is 2. The molecule has 0 bridgehead atoms. The maximum absolute atomic E-state index is 12.9. The Bertz CT molecular complexity index is 1470. The molecule has 1 aliphatic rings. The normalized spacial score (nSPS) is 14.8. The smallest absolute Gasteiger partial charge is 0.324 e. The molecule has 0 aliphatic carbocycles. The summed E-state index contributed by atoms with van der Waals surface area (Å²) < 4.78 is 1.63. The number of likely N-dealkylation sites (tertiary alicyclic amines) is 1. The van der Waals surface area contributed by atoms with Crippen molar-refractivity contribution in [3.05, 3.63) is 94.5 Å². The monoisotopic (exact) mass is 563 g/mol. The molecule has 5 rings (SSSR count). The molecular formula is C29H27Cl2N5O3. The molecule has 1 aliphatic heterocycles. The van der Waals surface area contributed by atoms with Crippen LogP contribution in [0.2, 0.25) is 10.0 Å². The van der Waals surface area contributed by atoms with Gasteiger partial charge in [-0.3, -0.25) is 10.1 Å². The van der Waals surface area contributed by atoms with Gasteiger partial charge in [0.05, 0.1) is 46.2 Å². The zero-order valence-electron chi connectivity index (χ0n) is 21.0. The molecule has 3 aromatic carbocycles. The number of benzene rings is 3. The Kier molecular flexibility index (Phi) is 8.16. The first-order chi connectivity index (χ1) is 18.9. The van der Waals surface area contributed by atoms with E-state index in [1.165, 1.54) is 0 Å². The van der Waals surface area contributed by atoms with Gasteiger partial charge in [-0.1, -0.05) is 71.7 Å². The van der Waals surface area contributed by atoms with Crippen LogP contribution in [0.15, 0.2) is 78.9 Å². The van der Waals surface area contributed by atoms with Crippen molar-refractivity contribution < 1.29 is 14.7 Å². The van der Waals surface area contributed by atoms with Crippen molar-refractivity contribution in [1.82, 2.24) is 14.7 Å². The lowest BCUT2D eigenvalue weighted by molar-refractivity contribution is -0.132. The molecule has 0 radical (unpaired) electrons. The van der Waals surface area contributed by atoms with Crippen molar-refractivity contribution in [2.45, 2.75) is 25.3 Å². The Morgan fingerprint density at radius 3 is 2.49 bits per heavy atom. The second-order valence-electron chi connectivity index (χ2n) is 9.28. The van der Waals surface area contributed by atoms with Gasteiger partial charge in [0.2, 0.25) is 5.91 Å². The molecular weight excluding hydrogens is 537 g/mol. The fourth-order valence-electron chi connectivity index (χ4n) is 4.67. The highest BCUT2D eigenvalue weighted by molar-refractivity contribution is 6.44. The lowest BCUT2D eigenvalue weighted by atomic mass is 10.1. The number of carbonyl (C=O) groups is 2. The minimum absolute atomic E-state index is 0.00320. The van der Waals surface area contributed by atoms with E-state index in [1.54, 1.807) is 33.8 Å². The Morgan fingerprint density at radius 1 is 0.974 bits per heavy atom. The van der Waals surface area contributed by atoms with Crippen molar-refractivity contribution in [3.63, 3.8) is 0 Å². The van der Waals surface area contributed by atoms with Crippen LogP contribution >= 0.6 is 23.2 Å². The number of aliphatic hydroxyl groups is 1. The summed E-state index contributed by atoms with van der Waals surface area (Å²) in [6, 6.07) is 23.3. The lowest BCUT2D eigenvalue weighted by Crippen LogP contribution is -2.38. The molecule has 1 saturated heterocycles. The molecule has 2 heterocycles. The molecule has 10 heteroatoms. The molecule has 1 atom stereocenters. The van der Waals surface area contributed by atoms with E-state index in [9.17, 15) is 14.7 Å². The Hall–Kier alpha value is -3.85. The fraction of sp³-hybridized carbons (Fsp3) is 0.207. The van der Waals surface area contributed by atoms with Crippen molar-refractivity contribution in [2.75, 3.05) is 23.8 Å². The van der Waals surface area contributed by atoms with E-state index in [1.807, 2.05) is 54.6 Å². The molecule has 8 nitrogen and oxygen atoms in total. The number of nitrogens with one attached hydrogen (secondary N) is 2. The number of aromatic nitrogens is 2. The first-order valence-electron chi connectivity index (χ1n) is 12.6. The second kappa shape index (κ2) is 11.9. The van der Waals surface area contributed by atoms with E-state index in [0.717, 1.165) is 24.0 Å². The largest absolute Gasteiger partial charge is 0.394 e. The summed E-state index contributed by atoms with van der Waals surface area (Å²) in [6.07, 6.45) is 1.99. The van der Waals surface area contributed by atoms with Crippen LogP contribution in [-0.2, 0) is 11.2 Å². The van der Waals surface area contributed by atoms with Gasteiger partial charge in [0.1, 0.15) is 5.82 Å². The van der Waals surface area contributed by atoms with E-state index in [-0.39, 0.29) is 30.0 Å². The number of amides is 3. The average Bonchev–Trinajstić information content (AvgIpc) is 3.60. The minimum atomic E-state index is -0.508. The third-order valence-corrected chi connectivity index (χ3v) is 7.48. The summed E-state index contributed by atoms with van der Waals surface area (Å²) >= 11 is 12.3. The maximum atomic E-state index is 12.9. The minimum Gasteiger partial charge on any atom is -0.394 e. The number of rotatable bonds is 7. The maximum Gasteiger partial charge on any atom is 0.324 e. The number of urea groups is 1. The van der Waals surface area contributed by atoms with Crippen molar-refractivity contribution >= 4 is 46.6 Å². The molecule has 1 aromatic heterocycles. The molecule has 1 fully saturated rings. The third kappa shape index (κ3) is 6.09. The van der Waals surface area contributed by atoms with Crippen LogP contribution in [0.25, 0.3) is 16.9 Å². The molecule has 3 amide bonds. The van der Waals surface area contributed by atoms with Gasteiger partial charge in [-0.2, -0.15) is 5.10 Å². The molecule has 0 saturated carbocycles. The first-order valence-corrected chi connectivity index (χ1v) is 13.4. The van der Waals surface area contributed by atoms with E-state index in [2.05, 4.69) is 10.6 Å². The van der Waals surface area contributed by atoms with Gasteiger partial charge in [0.15, 0.2) is 0 Å². The number of aliphatic hydroxyl groups excluding tert-OH is 1. The van der Waals surface area contributed by atoms with Crippen LogP contribution in [0.5, 0.6) is 0 Å².